The average Bonchev–Trinajstić information content (AvgIpc) is 3.08. The number of allylic oxidation sites excluding steroid dienone is 1. The van der Waals surface area contributed by atoms with Gasteiger partial charge in [-0.2, -0.15) is 0 Å². The van der Waals surface area contributed by atoms with Gasteiger partial charge in [-0.1, -0.05) is 6.08 Å². The fraction of sp³-hybridized carbons (Fsp3) is 0.600. The van der Waals surface area contributed by atoms with Gasteiger partial charge in [-0.05, 0) is 51.4 Å². The van der Waals surface area contributed by atoms with E-state index in [2.05, 4.69) is 36.0 Å². The fourth-order valence-electron chi connectivity index (χ4n) is 1.99. The maximum absolute atomic E-state index is 5.81. The van der Waals surface area contributed by atoms with E-state index in [1.54, 1.807) is 0 Å². The molecule has 1 fully saturated rings. The Hall–Kier alpha value is -1.06. The van der Waals surface area contributed by atoms with Gasteiger partial charge in [-0.25, -0.2) is 0 Å². The summed E-state index contributed by atoms with van der Waals surface area (Å²) in [5, 5.41) is 3.46. The Kier molecular flexibility index (Phi) is 5.02. The van der Waals surface area contributed by atoms with E-state index < -0.39 is 0 Å². The maximum Gasteiger partial charge on any atom is 0.118 e. The zero-order valence-corrected chi connectivity index (χ0v) is 11.3. The summed E-state index contributed by atoms with van der Waals surface area (Å²) in [5.74, 6) is 2.11. The van der Waals surface area contributed by atoms with Crippen molar-refractivity contribution in [2.24, 2.45) is 0 Å². The molecule has 0 spiro atoms. The smallest absolute Gasteiger partial charge is 0.118 e. The molecule has 1 saturated carbocycles. The van der Waals surface area contributed by atoms with Crippen LogP contribution in [-0.4, -0.2) is 24.5 Å². The minimum absolute atomic E-state index is 0.736. The van der Waals surface area contributed by atoms with Crippen LogP contribution in [0.15, 0.2) is 29.2 Å². The van der Waals surface area contributed by atoms with Crippen molar-refractivity contribution in [2.75, 3.05) is 13.6 Å². The summed E-state index contributed by atoms with van der Waals surface area (Å²) < 4.78 is 5.81. The third-order valence-electron chi connectivity index (χ3n) is 3.23. The number of hydrogen-bond donors (Lipinski definition) is 1. The molecule has 1 N–H and O–H groups in total. The first-order valence-corrected chi connectivity index (χ1v) is 6.88. The molecule has 1 aromatic rings. The largest absolute Gasteiger partial charge is 0.463 e. The van der Waals surface area contributed by atoms with Crippen molar-refractivity contribution in [1.29, 1.82) is 0 Å². The third kappa shape index (κ3) is 4.67. The zero-order valence-electron chi connectivity index (χ0n) is 11.3. The Morgan fingerprint density at radius 1 is 1.44 bits per heavy atom. The van der Waals surface area contributed by atoms with Gasteiger partial charge >= 0.3 is 0 Å². The van der Waals surface area contributed by atoms with Crippen LogP contribution in [0.3, 0.4) is 0 Å². The van der Waals surface area contributed by atoms with Crippen LogP contribution in [0, 0.1) is 0 Å². The van der Waals surface area contributed by atoms with E-state index >= 15 is 0 Å². The van der Waals surface area contributed by atoms with E-state index in [-0.39, 0.29) is 0 Å². The second-order valence-corrected chi connectivity index (χ2v) is 5.19. The molecule has 0 amide bonds. The molecule has 0 aliphatic heterocycles. The first kappa shape index (κ1) is 13.4. The van der Waals surface area contributed by atoms with Crippen LogP contribution in [0.1, 0.15) is 37.2 Å². The summed E-state index contributed by atoms with van der Waals surface area (Å²) >= 11 is 0. The van der Waals surface area contributed by atoms with Gasteiger partial charge in [0, 0.05) is 6.04 Å². The molecule has 0 aromatic carbocycles. The summed E-state index contributed by atoms with van der Waals surface area (Å²) in [7, 11) is 2.13. The number of nitrogens with zero attached hydrogens (tertiary/aromatic N) is 1. The molecular weight excluding hydrogens is 224 g/mol. The summed E-state index contributed by atoms with van der Waals surface area (Å²) in [6.45, 7) is 6.58. The molecule has 1 aliphatic carbocycles. The number of nitrogens with one attached hydrogen (secondary N) is 1. The van der Waals surface area contributed by atoms with Crippen LogP contribution in [0.5, 0.6) is 0 Å². The Labute approximate surface area is 110 Å². The van der Waals surface area contributed by atoms with Gasteiger partial charge in [0.2, 0.25) is 0 Å². The van der Waals surface area contributed by atoms with Gasteiger partial charge < -0.3 is 9.73 Å². The number of hydrogen-bond acceptors (Lipinski definition) is 3. The predicted molar refractivity (Wildman–Crippen MR) is 74.3 cm³/mol. The molecule has 1 heterocycles. The quantitative estimate of drug-likeness (QED) is 0.538. The summed E-state index contributed by atoms with van der Waals surface area (Å²) in [5.41, 5.74) is 0. The van der Waals surface area contributed by atoms with Crippen molar-refractivity contribution in [3.05, 3.63) is 36.3 Å². The van der Waals surface area contributed by atoms with Crippen molar-refractivity contribution >= 4 is 0 Å². The van der Waals surface area contributed by atoms with Crippen molar-refractivity contribution in [2.45, 2.75) is 44.8 Å². The highest BCUT2D eigenvalue weighted by molar-refractivity contribution is 5.07. The molecule has 0 radical (unpaired) electrons. The second kappa shape index (κ2) is 6.76. The molecule has 0 atom stereocenters. The van der Waals surface area contributed by atoms with E-state index in [0.29, 0.717) is 0 Å². The molecule has 3 nitrogen and oxygen atoms in total. The molecule has 100 valence electrons. The zero-order chi connectivity index (χ0) is 12.8. The van der Waals surface area contributed by atoms with E-state index in [0.717, 1.165) is 50.0 Å². The summed E-state index contributed by atoms with van der Waals surface area (Å²) in [6.07, 6.45) is 6.86. The van der Waals surface area contributed by atoms with E-state index in [1.165, 1.54) is 12.8 Å². The van der Waals surface area contributed by atoms with Crippen LogP contribution in [0.25, 0.3) is 0 Å². The number of rotatable bonds is 9. The molecule has 0 bridgehead atoms. The number of unbranched alkanes of at least 4 members (excludes halogenated alkanes) is 1. The highest BCUT2D eigenvalue weighted by Crippen LogP contribution is 2.19. The molecule has 0 unspecified atom stereocenters. The predicted octanol–water partition coefficient (Wildman–Crippen LogP) is 2.93. The molecule has 3 heteroatoms. The summed E-state index contributed by atoms with van der Waals surface area (Å²) in [6, 6.07) is 4.91. The minimum Gasteiger partial charge on any atom is -0.463 e. The molecule has 0 saturated heterocycles. The van der Waals surface area contributed by atoms with Gasteiger partial charge in [0.1, 0.15) is 11.5 Å². The molecular formula is C15H24N2O. The first-order valence-electron chi connectivity index (χ1n) is 6.88. The normalized spacial score (nSPS) is 15.2. The van der Waals surface area contributed by atoms with Crippen LogP contribution in [0.4, 0.5) is 0 Å². The van der Waals surface area contributed by atoms with Crippen molar-refractivity contribution < 1.29 is 4.42 Å². The average molecular weight is 248 g/mol. The van der Waals surface area contributed by atoms with Crippen molar-refractivity contribution in [3.63, 3.8) is 0 Å². The maximum atomic E-state index is 5.81. The lowest BCUT2D eigenvalue weighted by Gasteiger charge is -2.14. The van der Waals surface area contributed by atoms with Crippen LogP contribution < -0.4 is 5.32 Å². The monoisotopic (exact) mass is 248 g/mol. The second-order valence-electron chi connectivity index (χ2n) is 5.19. The van der Waals surface area contributed by atoms with Crippen molar-refractivity contribution in [1.82, 2.24) is 10.2 Å². The Bertz CT molecular complexity index is 368. The van der Waals surface area contributed by atoms with E-state index in [1.807, 2.05) is 6.08 Å². The Morgan fingerprint density at radius 2 is 2.22 bits per heavy atom. The van der Waals surface area contributed by atoms with Gasteiger partial charge in [-0.3, -0.25) is 4.90 Å². The minimum atomic E-state index is 0.736. The van der Waals surface area contributed by atoms with E-state index in [4.69, 9.17) is 4.42 Å². The third-order valence-corrected chi connectivity index (χ3v) is 3.23. The van der Waals surface area contributed by atoms with Gasteiger partial charge in [-0.15, -0.1) is 6.58 Å². The lowest BCUT2D eigenvalue weighted by molar-refractivity contribution is 0.287. The molecule has 1 aliphatic rings. The Balaban J connectivity index is 1.69. The summed E-state index contributed by atoms with van der Waals surface area (Å²) in [4.78, 5) is 2.29. The fourth-order valence-corrected chi connectivity index (χ4v) is 1.99. The lowest BCUT2D eigenvalue weighted by atomic mass is 10.3. The van der Waals surface area contributed by atoms with Gasteiger partial charge in [0.25, 0.3) is 0 Å². The topological polar surface area (TPSA) is 28.4 Å². The van der Waals surface area contributed by atoms with Gasteiger partial charge in [0.05, 0.1) is 13.1 Å². The lowest BCUT2D eigenvalue weighted by Crippen LogP contribution is -2.18. The van der Waals surface area contributed by atoms with Crippen LogP contribution in [-0.2, 0) is 13.1 Å². The van der Waals surface area contributed by atoms with Crippen LogP contribution >= 0.6 is 0 Å². The van der Waals surface area contributed by atoms with Gasteiger partial charge in [0.15, 0.2) is 0 Å². The first-order chi connectivity index (χ1) is 8.78. The molecule has 18 heavy (non-hydrogen) atoms. The SMILES string of the molecule is C=CCCCN(C)Cc1ccc(CNC2CC2)o1. The number of furan rings is 1. The van der Waals surface area contributed by atoms with E-state index in [9.17, 15) is 0 Å². The Morgan fingerprint density at radius 3 is 2.94 bits per heavy atom. The highest BCUT2D eigenvalue weighted by atomic mass is 16.3. The molecule has 2 rings (SSSR count). The van der Waals surface area contributed by atoms with Crippen molar-refractivity contribution in [3.8, 4) is 0 Å². The molecule has 1 aromatic heterocycles. The standard InChI is InChI=1S/C15H24N2O/c1-3-4-5-10-17(2)12-15-9-8-14(18-15)11-16-13-6-7-13/h3,8-9,13,16H,1,4-7,10-12H2,2H3. The highest BCUT2D eigenvalue weighted by Gasteiger charge is 2.20. The van der Waals surface area contributed by atoms with Crippen LogP contribution in [0.2, 0.25) is 0 Å².